The van der Waals surface area contributed by atoms with Crippen LogP contribution >= 0.6 is 0 Å². The molecule has 0 saturated carbocycles. The monoisotopic (exact) mass is 291 g/mol. The second-order valence-electron chi connectivity index (χ2n) is 6.14. The summed E-state index contributed by atoms with van der Waals surface area (Å²) in [5.41, 5.74) is 1.14. The van der Waals surface area contributed by atoms with Crippen LogP contribution in [0.15, 0.2) is 24.3 Å². The molecule has 1 fully saturated rings. The van der Waals surface area contributed by atoms with Gasteiger partial charge in [-0.3, -0.25) is 9.69 Å². The lowest BCUT2D eigenvalue weighted by molar-refractivity contribution is -0.142. The highest BCUT2D eigenvalue weighted by Gasteiger charge is 2.30. The van der Waals surface area contributed by atoms with Crippen LogP contribution in [0.3, 0.4) is 0 Å². The largest absolute Gasteiger partial charge is 0.494 e. The zero-order valence-corrected chi connectivity index (χ0v) is 12.9. The number of ether oxygens (including phenoxy) is 1. The first-order valence-electron chi connectivity index (χ1n) is 7.75. The molecule has 21 heavy (non-hydrogen) atoms. The molecule has 4 nitrogen and oxygen atoms in total. The van der Waals surface area contributed by atoms with Gasteiger partial charge >= 0.3 is 5.97 Å². The summed E-state index contributed by atoms with van der Waals surface area (Å²) in [7, 11) is 0. The molecule has 0 aromatic heterocycles. The van der Waals surface area contributed by atoms with Crippen LogP contribution < -0.4 is 4.74 Å². The van der Waals surface area contributed by atoms with E-state index >= 15 is 0 Å². The van der Waals surface area contributed by atoms with Crippen LogP contribution in [0.25, 0.3) is 0 Å². The van der Waals surface area contributed by atoms with Crippen LogP contribution in [0, 0.1) is 5.92 Å². The Balaban J connectivity index is 1.86. The van der Waals surface area contributed by atoms with Crippen molar-refractivity contribution in [3.63, 3.8) is 0 Å². The van der Waals surface area contributed by atoms with Crippen molar-refractivity contribution in [3.05, 3.63) is 29.8 Å². The van der Waals surface area contributed by atoms with Gasteiger partial charge in [-0.2, -0.15) is 0 Å². The van der Waals surface area contributed by atoms with Gasteiger partial charge in [-0.25, -0.2) is 0 Å². The molecule has 0 amide bonds. The van der Waals surface area contributed by atoms with E-state index in [2.05, 4.69) is 13.8 Å². The van der Waals surface area contributed by atoms with Crippen molar-refractivity contribution in [3.8, 4) is 5.75 Å². The first-order valence-corrected chi connectivity index (χ1v) is 7.75. The average Bonchev–Trinajstić information content (AvgIpc) is 2.89. The Kier molecular flexibility index (Phi) is 5.62. The van der Waals surface area contributed by atoms with E-state index in [0.29, 0.717) is 12.5 Å². The van der Waals surface area contributed by atoms with E-state index in [1.54, 1.807) is 0 Å². The first kappa shape index (κ1) is 15.8. The Morgan fingerprint density at radius 2 is 2.10 bits per heavy atom. The standard InChI is InChI=1S/C17H25NO3/c1-13(2)9-11-21-15-7-5-14(6-8-15)12-18-10-3-4-16(18)17(19)20/h5-8,13,16H,3-4,9-12H2,1-2H3,(H,19,20)/t16-/m0/s1. The molecule has 0 spiro atoms. The van der Waals surface area contributed by atoms with Crippen molar-refractivity contribution in [2.24, 2.45) is 5.92 Å². The van der Waals surface area contributed by atoms with Crippen molar-refractivity contribution in [1.29, 1.82) is 0 Å². The number of carboxylic acids is 1. The molecule has 1 aliphatic heterocycles. The highest BCUT2D eigenvalue weighted by molar-refractivity contribution is 5.73. The summed E-state index contributed by atoms with van der Waals surface area (Å²) in [6, 6.07) is 7.68. The molecular weight excluding hydrogens is 266 g/mol. The maximum Gasteiger partial charge on any atom is 0.320 e. The van der Waals surface area contributed by atoms with Gasteiger partial charge in [0.15, 0.2) is 0 Å². The minimum atomic E-state index is -0.707. The summed E-state index contributed by atoms with van der Waals surface area (Å²) in [5, 5.41) is 9.19. The number of hydrogen-bond acceptors (Lipinski definition) is 3. The summed E-state index contributed by atoms with van der Waals surface area (Å²) in [4.78, 5) is 13.2. The lowest BCUT2D eigenvalue weighted by atomic mass is 10.1. The molecule has 1 atom stereocenters. The minimum absolute atomic E-state index is 0.327. The van der Waals surface area contributed by atoms with E-state index in [0.717, 1.165) is 43.7 Å². The fourth-order valence-corrected chi connectivity index (χ4v) is 2.63. The van der Waals surface area contributed by atoms with Gasteiger partial charge in [0.25, 0.3) is 0 Å². The van der Waals surface area contributed by atoms with Crippen LogP contribution in [0.5, 0.6) is 5.75 Å². The van der Waals surface area contributed by atoms with E-state index in [-0.39, 0.29) is 6.04 Å². The lowest BCUT2D eigenvalue weighted by Crippen LogP contribution is -2.35. The maximum absolute atomic E-state index is 11.2. The van der Waals surface area contributed by atoms with E-state index in [4.69, 9.17) is 4.74 Å². The molecule has 4 heteroatoms. The van der Waals surface area contributed by atoms with Gasteiger partial charge < -0.3 is 9.84 Å². The molecule has 1 saturated heterocycles. The predicted molar refractivity (Wildman–Crippen MR) is 82.5 cm³/mol. The van der Waals surface area contributed by atoms with Crippen LogP contribution in [0.4, 0.5) is 0 Å². The molecule has 1 aliphatic rings. The Hall–Kier alpha value is -1.55. The minimum Gasteiger partial charge on any atom is -0.494 e. The summed E-state index contributed by atoms with van der Waals surface area (Å²) in [6.45, 7) is 6.67. The smallest absolute Gasteiger partial charge is 0.320 e. The summed E-state index contributed by atoms with van der Waals surface area (Å²) in [6.07, 6.45) is 2.77. The molecule has 1 aromatic carbocycles. The third kappa shape index (κ3) is 4.74. The third-order valence-corrected chi connectivity index (χ3v) is 3.92. The molecule has 1 heterocycles. The van der Waals surface area contributed by atoms with Crippen LogP contribution in [0.1, 0.15) is 38.7 Å². The highest BCUT2D eigenvalue weighted by Crippen LogP contribution is 2.21. The topological polar surface area (TPSA) is 49.8 Å². The van der Waals surface area contributed by atoms with Crippen molar-refractivity contribution in [2.45, 2.75) is 45.7 Å². The molecular formula is C17H25NO3. The van der Waals surface area contributed by atoms with Crippen LogP contribution in [-0.4, -0.2) is 35.2 Å². The van der Waals surface area contributed by atoms with E-state index in [1.807, 2.05) is 29.2 Å². The Morgan fingerprint density at radius 3 is 2.71 bits per heavy atom. The normalized spacial score (nSPS) is 19.1. The van der Waals surface area contributed by atoms with Gasteiger partial charge in [0.1, 0.15) is 11.8 Å². The maximum atomic E-state index is 11.2. The second-order valence-corrected chi connectivity index (χ2v) is 6.14. The first-order chi connectivity index (χ1) is 10.1. The molecule has 0 aliphatic carbocycles. The summed E-state index contributed by atoms with van der Waals surface area (Å²) < 4.78 is 5.69. The molecule has 0 radical (unpaired) electrons. The molecule has 0 unspecified atom stereocenters. The second kappa shape index (κ2) is 7.46. The summed E-state index contributed by atoms with van der Waals surface area (Å²) >= 11 is 0. The van der Waals surface area contributed by atoms with Crippen molar-refractivity contribution < 1.29 is 14.6 Å². The fourth-order valence-electron chi connectivity index (χ4n) is 2.63. The third-order valence-electron chi connectivity index (χ3n) is 3.92. The number of aliphatic carboxylic acids is 1. The Morgan fingerprint density at radius 1 is 1.38 bits per heavy atom. The van der Waals surface area contributed by atoms with Crippen molar-refractivity contribution in [2.75, 3.05) is 13.2 Å². The number of nitrogens with zero attached hydrogens (tertiary/aromatic N) is 1. The van der Waals surface area contributed by atoms with Gasteiger partial charge in [-0.1, -0.05) is 26.0 Å². The van der Waals surface area contributed by atoms with Crippen molar-refractivity contribution >= 4 is 5.97 Å². The zero-order chi connectivity index (χ0) is 15.2. The molecule has 1 N–H and O–H groups in total. The fraction of sp³-hybridized carbons (Fsp3) is 0.588. The SMILES string of the molecule is CC(C)CCOc1ccc(CN2CCC[C@H]2C(=O)O)cc1. The molecule has 0 bridgehead atoms. The van der Waals surface area contributed by atoms with E-state index in [1.165, 1.54) is 0 Å². The van der Waals surface area contributed by atoms with E-state index in [9.17, 15) is 9.90 Å². The number of likely N-dealkylation sites (tertiary alicyclic amines) is 1. The van der Waals surface area contributed by atoms with E-state index < -0.39 is 5.97 Å². The average molecular weight is 291 g/mol. The Labute approximate surface area is 126 Å². The molecule has 116 valence electrons. The van der Waals surface area contributed by atoms with Crippen molar-refractivity contribution in [1.82, 2.24) is 4.90 Å². The van der Waals surface area contributed by atoms with Gasteiger partial charge in [0.2, 0.25) is 0 Å². The molecule has 2 rings (SSSR count). The predicted octanol–water partition coefficient (Wildman–Crippen LogP) is 3.16. The number of carbonyl (C=O) groups is 1. The Bertz CT molecular complexity index is 456. The number of benzene rings is 1. The summed E-state index contributed by atoms with van der Waals surface area (Å²) in [5.74, 6) is 0.823. The molecule has 1 aromatic rings. The number of hydrogen-bond donors (Lipinski definition) is 1. The van der Waals surface area contributed by atoms with Gasteiger partial charge in [0.05, 0.1) is 6.61 Å². The van der Waals surface area contributed by atoms with Crippen LogP contribution in [0.2, 0.25) is 0 Å². The van der Waals surface area contributed by atoms with Crippen LogP contribution in [-0.2, 0) is 11.3 Å². The number of rotatable bonds is 7. The zero-order valence-electron chi connectivity index (χ0n) is 12.9. The highest BCUT2D eigenvalue weighted by atomic mass is 16.5. The van der Waals surface area contributed by atoms with Gasteiger partial charge in [-0.15, -0.1) is 0 Å². The van der Waals surface area contributed by atoms with Gasteiger partial charge in [0, 0.05) is 6.54 Å². The number of carboxylic acid groups (broad SMARTS) is 1. The van der Waals surface area contributed by atoms with Gasteiger partial charge in [-0.05, 0) is 49.4 Å². The lowest BCUT2D eigenvalue weighted by Gasteiger charge is -2.21. The quantitative estimate of drug-likeness (QED) is 0.838.